The Hall–Kier alpha value is -1.54. The SMILES string of the molecule is COc1ccc2ccccc2c1CNCCCC(C)C. The van der Waals surface area contributed by atoms with Gasteiger partial charge in [-0.3, -0.25) is 0 Å². The van der Waals surface area contributed by atoms with Gasteiger partial charge in [-0.1, -0.05) is 44.2 Å². The topological polar surface area (TPSA) is 21.3 Å². The number of methoxy groups -OCH3 is 1. The smallest absolute Gasteiger partial charge is 0.123 e. The van der Waals surface area contributed by atoms with Crippen LogP contribution in [0.5, 0.6) is 5.75 Å². The Kier molecular flexibility index (Phi) is 5.42. The number of hydrogen-bond donors (Lipinski definition) is 1. The molecule has 0 heterocycles. The molecule has 2 heteroatoms. The van der Waals surface area contributed by atoms with Gasteiger partial charge in [0, 0.05) is 12.1 Å². The van der Waals surface area contributed by atoms with E-state index in [-0.39, 0.29) is 0 Å². The molecule has 0 bridgehead atoms. The van der Waals surface area contributed by atoms with Crippen LogP contribution in [0.4, 0.5) is 0 Å². The standard InChI is InChI=1S/C18H25NO/c1-14(2)7-6-12-19-13-17-16-9-5-4-8-15(16)10-11-18(17)20-3/h4-5,8-11,14,19H,6-7,12-13H2,1-3H3. The van der Waals surface area contributed by atoms with E-state index >= 15 is 0 Å². The van der Waals surface area contributed by atoms with E-state index in [0.29, 0.717) is 0 Å². The van der Waals surface area contributed by atoms with E-state index in [9.17, 15) is 0 Å². The van der Waals surface area contributed by atoms with Gasteiger partial charge in [-0.15, -0.1) is 0 Å². The van der Waals surface area contributed by atoms with Crippen molar-refractivity contribution in [2.24, 2.45) is 5.92 Å². The summed E-state index contributed by atoms with van der Waals surface area (Å²) in [5, 5.41) is 6.10. The Morgan fingerprint density at radius 2 is 1.90 bits per heavy atom. The minimum Gasteiger partial charge on any atom is -0.496 e. The van der Waals surface area contributed by atoms with Crippen molar-refractivity contribution in [1.29, 1.82) is 0 Å². The molecular weight excluding hydrogens is 246 g/mol. The highest BCUT2D eigenvalue weighted by atomic mass is 16.5. The van der Waals surface area contributed by atoms with Crippen molar-refractivity contribution < 1.29 is 4.74 Å². The lowest BCUT2D eigenvalue weighted by Gasteiger charge is -2.13. The van der Waals surface area contributed by atoms with Crippen molar-refractivity contribution >= 4 is 10.8 Å². The second-order valence-electron chi connectivity index (χ2n) is 5.68. The lowest BCUT2D eigenvalue weighted by atomic mass is 10.0. The number of nitrogens with one attached hydrogen (secondary N) is 1. The Morgan fingerprint density at radius 1 is 1.10 bits per heavy atom. The van der Waals surface area contributed by atoms with Gasteiger partial charge in [-0.2, -0.15) is 0 Å². The van der Waals surface area contributed by atoms with Gasteiger partial charge >= 0.3 is 0 Å². The molecule has 0 saturated heterocycles. The molecule has 0 aromatic heterocycles. The number of rotatable bonds is 7. The van der Waals surface area contributed by atoms with E-state index in [1.54, 1.807) is 7.11 Å². The fourth-order valence-corrected chi connectivity index (χ4v) is 2.54. The molecule has 2 aromatic carbocycles. The summed E-state index contributed by atoms with van der Waals surface area (Å²) in [6.07, 6.45) is 2.50. The van der Waals surface area contributed by atoms with Gasteiger partial charge in [-0.25, -0.2) is 0 Å². The summed E-state index contributed by atoms with van der Waals surface area (Å²) in [5.41, 5.74) is 1.26. The summed E-state index contributed by atoms with van der Waals surface area (Å²) in [7, 11) is 1.74. The maximum atomic E-state index is 5.51. The summed E-state index contributed by atoms with van der Waals surface area (Å²) in [6, 6.07) is 12.7. The van der Waals surface area contributed by atoms with E-state index in [1.807, 2.05) is 0 Å². The Labute approximate surface area is 122 Å². The molecule has 0 atom stereocenters. The number of fused-ring (bicyclic) bond motifs is 1. The molecule has 0 spiro atoms. The predicted octanol–water partition coefficient (Wildman–Crippen LogP) is 4.37. The summed E-state index contributed by atoms with van der Waals surface area (Å²) in [6.45, 7) is 6.47. The molecule has 2 aromatic rings. The van der Waals surface area contributed by atoms with Crippen LogP contribution in [-0.4, -0.2) is 13.7 Å². The van der Waals surface area contributed by atoms with E-state index in [0.717, 1.165) is 24.8 Å². The minimum absolute atomic E-state index is 0.781. The second-order valence-corrected chi connectivity index (χ2v) is 5.68. The first-order valence-corrected chi connectivity index (χ1v) is 7.47. The lowest BCUT2D eigenvalue weighted by molar-refractivity contribution is 0.408. The van der Waals surface area contributed by atoms with Gasteiger partial charge in [0.05, 0.1) is 7.11 Å². The van der Waals surface area contributed by atoms with Crippen molar-refractivity contribution in [3.8, 4) is 5.75 Å². The van der Waals surface area contributed by atoms with Crippen molar-refractivity contribution in [2.75, 3.05) is 13.7 Å². The van der Waals surface area contributed by atoms with Crippen LogP contribution in [0.3, 0.4) is 0 Å². The molecule has 0 aliphatic carbocycles. The van der Waals surface area contributed by atoms with Crippen LogP contribution in [0.25, 0.3) is 10.8 Å². The Morgan fingerprint density at radius 3 is 2.65 bits per heavy atom. The third-order valence-corrected chi connectivity index (χ3v) is 3.65. The monoisotopic (exact) mass is 271 g/mol. The number of hydrogen-bond acceptors (Lipinski definition) is 2. The first-order valence-electron chi connectivity index (χ1n) is 7.47. The fourth-order valence-electron chi connectivity index (χ4n) is 2.54. The molecule has 108 valence electrons. The quantitative estimate of drug-likeness (QED) is 0.755. The van der Waals surface area contributed by atoms with Crippen LogP contribution in [0.1, 0.15) is 32.3 Å². The third kappa shape index (κ3) is 3.73. The highest BCUT2D eigenvalue weighted by Crippen LogP contribution is 2.27. The summed E-state index contributed by atoms with van der Waals surface area (Å²) >= 11 is 0. The molecule has 0 unspecified atom stereocenters. The first kappa shape index (κ1) is 14.9. The normalized spacial score (nSPS) is 11.2. The largest absolute Gasteiger partial charge is 0.496 e. The predicted molar refractivity (Wildman–Crippen MR) is 86.3 cm³/mol. The average Bonchev–Trinajstić information content (AvgIpc) is 2.46. The summed E-state index contributed by atoms with van der Waals surface area (Å²) in [5.74, 6) is 1.75. The van der Waals surface area contributed by atoms with Gasteiger partial charge in [0.15, 0.2) is 0 Å². The van der Waals surface area contributed by atoms with Crippen molar-refractivity contribution in [3.63, 3.8) is 0 Å². The van der Waals surface area contributed by atoms with Crippen LogP contribution < -0.4 is 10.1 Å². The molecule has 20 heavy (non-hydrogen) atoms. The summed E-state index contributed by atoms with van der Waals surface area (Å²) < 4.78 is 5.51. The van der Waals surface area contributed by atoms with E-state index < -0.39 is 0 Å². The van der Waals surface area contributed by atoms with Crippen LogP contribution in [-0.2, 0) is 6.54 Å². The molecule has 0 saturated carbocycles. The zero-order valence-corrected chi connectivity index (χ0v) is 12.8. The van der Waals surface area contributed by atoms with Gasteiger partial charge in [0.2, 0.25) is 0 Å². The summed E-state index contributed by atoms with van der Waals surface area (Å²) in [4.78, 5) is 0. The molecule has 2 rings (SSSR count). The maximum Gasteiger partial charge on any atom is 0.123 e. The molecular formula is C18H25NO. The highest BCUT2D eigenvalue weighted by Gasteiger charge is 2.07. The molecule has 0 aliphatic heterocycles. The fraction of sp³-hybridized carbons (Fsp3) is 0.444. The first-order chi connectivity index (χ1) is 9.72. The highest BCUT2D eigenvalue weighted by molar-refractivity contribution is 5.87. The van der Waals surface area contributed by atoms with Crippen molar-refractivity contribution in [1.82, 2.24) is 5.32 Å². The molecule has 0 fully saturated rings. The molecule has 0 aliphatic rings. The Balaban J connectivity index is 2.07. The van der Waals surface area contributed by atoms with E-state index in [2.05, 4.69) is 55.6 Å². The van der Waals surface area contributed by atoms with E-state index in [4.69, 9.17) is 4.74 Å². The van der Waals surface area contributed by atoms with Crippen molar-refractivity contribution in [2.45, 2.75) is 33.2 Å². The molecule has 0 radical (unpaired) electrons. The minimum atomic E-state index is 0.781. The van der Waals surface area contributed by atoms with Gasteiger partial charge in [0.1, 0.15) is 5.75 Å². The molecule has 1 N–H and O–H groups in total. The average molecular weight is 271 g/mol. The molecule has 2 nitrogen and oxygen atoms in total. The third-order valence-electron chi connectivity index (χ3n) is 3.65. The maximum absolute atomic E-state index is 5.51. The van der Waals surface area contributed by atoms with Crippen LogP contribution >= 0.6 is 0 Å². The number of ether oxygens (including phenoxy) is 1. The number of benzene rings is 2. The lowest BCUT2D eigenvalue weighted by Crippen LogP contribution is -2.16. The van der Waals surface area contributed by atoms with Gasteiger partial charge in [0.25, 0.3) is 0 Å². The zero-order valence-electron chi connectivity index (χ0n) is 12.8. The second kappa shape index (κ2) is 7.30. The van der Waals surface area contributed by atoms with Crippen LogP contribution in [0, 0.1) is 5.92 Å². The van der Waals surface area contributed by atoms with E-state index in [1.165, 1.54) is 29.2 Å². The Bertz CT molecular complexity index is 548. The van der Waals surface area contributed by atoms with Crippen LogP contribution in [0.15, 0.2) is 36.4 Å². The van der Waals surface area contributed by atoms with Gasteiger partial charge < -0.3 is 10.1 Å². The molecule has 0 amide bonds. The van der Waals surface area contributed by atoms with Crippen molar-refractivity contribution in [3.05, 3.63) is 42.0 Å². The van der Waals surface area contributed by atoms with Gasteiger partial charge in [-0.05, 0) is 42.1 Å². The van der Waals surface area contributed by atoms with Crippen LogP contribution in [0.2, 0.25) is 0 Å². The zero-order chi connectivity index (χ0) is 14.4.